The average Bonchev–Trinajstić information content (AvgIpc) is 2.57. The van der Waals surface area contributed by atoms with Crippen molar-refractivity contribution < 1.29 is 0 Å². The monoisotopic (exact) mass is 337 g/mol. The zero-order chi connectivity index (χ0) is 18.2. The van der Waals surface area contributed by atoms with Gasteiger partial charge in [0.1, 0.15) is 0 Å². The summed E-state index contributed by atoms with van der Waals surface area (Å²) in [5.41, 5.74) is 0. The summed E-state index contributed by atoms with van der Waals surface area (Å²) in [6, 6.07) is 0. The Kier molecular flexibility index (Phi) is 16.5. The lowest BCUT2D eigenvalue weighted by molar-refractivity contribution is 0.341. The van der Waals surface area contributed by atoms with Crippen LogP contribution in [0.5, 0.6) is 0 Å². The van der Waals surface area contributed by atoms with Gasteiger partial charge in [0.15, 0.2) is 0 Å². The summed E-state index contributed by atoms with van der Waals surface area (Å²) >= 11 is 0. The first-order chi connectivity index (χ1) is 11.5. The van der Waals surface area contributed by atoms with E-state index in [0.29, 0.717) is 0 Å². The largest absolute Gasteiger partial charge is 0.0651 e. The maximum absolute atomic E-state index is 2.43. The number of hydrogen-bond donors (Lipinski definition) is 0. The molecule has 0 N–H and O–H groups in total. The van der Waals surface area contributed by atoms with Gasteiger partial charge < -0.3 is 0 Å². The fourth-order valence-electron chi connectivity index (χ4n) is 3.78. The van der Waals surface area contributed by atoms with Crippen LogP contribution in [0, 0.1) is 30.1 Å². The molecule has 24 heavy (non-hydrogen) atoms. The second-order valence-corrected chi connectivity index (χ2v) is 8.77. The highest BCUT2D eigenvalue weighted by Gasteiger charge is 2.12. The lowest BCUT2D eigenvalue weighted by atomic mass is 9.86. The molecule has 0 spiro atoms. The maximum Gasteiger partial charge on any atom is -0.0386 e. The van der Waals surface area contributed by atoms with Crippen LogP contribution in [-0.4, -0.2) is 0 Å². The van der Waals surface area contributed by atoms with Gasteiger partial charge in [-0.2, -0.15) is 0 Å². The topological polar surface area (TPSA) is 0 Å². The van der Waals surface area contributed by atoms with Crippen molar-refractivity contribution in [3.05, 3.63) is 6.42 Å². The van der Waals surface area contributed by atoms with E-state index in [0.717, 1.165) is 23.7 Å². The predicted molar refractivity (Wildman–Crippen MR) is 112 cm³/mol. The van der Waals surface area contributed by atoms with Crippen LogP contribution in [0.1, 0.15) is 125 Å². The highest BCUT2D eigenvalue weighted by molar-refractivity contribution is 4.72. The summed E-state index contributed by atoms with van der Waals surface area (Å²) in [6.07, 6.45) is 21.1. The van der Waals surface area contributed by atoms with E-state index in [1.54, 1.807) is 0 Å². The van der Waals surface area contributed by atoms with Gasteiger partial charge in [-0.25, -0.2) is 0 Å². The van der Waals surface area contributed by atoms with Gasteiger partial charge in [0.05, 0.1) is 0 Å². The Morgan fingerprint density at radius 3 is 1.75 bits per heavy atom. The van der Waals surface area contributed by atoms with Gasteiger partial charge in [-0.3, -0.25) is 0 Å². The number of unbranched alkanes of at least 4 members (excludes halogenated alkanes) is 3. The van der Waals surface area contributed by atoms with Gasteiger partial charge in [0.2, 0.25) is 0 Å². The zero-order valence-corrected chi connectivity index (χ0v) is 18.1. The number of rotatable bonds is 17. The Bertz CT molecular complexity index is 238. The Balaban J connectivity index is 4.03. The molecule has 0 nitrogen and oxygen atoms in total. The second kappa shape index (κ2) is 16.5. The van der Waals surface area contributed by atoms with Crippen molar-refractivity contribution in [2.75, 3.05) is 0 Å². The van der Waals surface area contributed by atoms with E-state index in [-0.39, 0.29) is 0 Å². The lowest BCUT2D eigenvalue weighted by Gasteiger charge is -2.20. The summed E-state index contributed by atoms with van der Waals surface area (Å²) in [6.45, 7) is 14.0. The van der Waals surface area contributed by atoms with Crippen LogP contribution < -0.4 is 0 Å². The molecular weight excluding hydrogens is 288 g/mol. The Morgan fingerprint density at radius 2 is 1.21 bits per heavy atom. The molecule has 0 rings (SSSR count). The van der Waals surface area contributed by atoms with Crippen LogP contribution in [0.3, 0.4) is 0 Å². The van der Waals surface area contributed by atoms with Gasteiger partial charge in [-0.1, -0.05) is 119 Å². The molecular formula is C24H49. The molecule has 3 atom stereocenters. The van der Waals surface area contributed by atoms with Crippen molar-refractivity contribution in [3.63, 3.8) is 0 Å². The molecule has 0 aromatic carbocycles. The maximum atomic E-state index is 2.43. The summed E-state index contributed by atoms with van der Waals surface area (Å²) < 4.78 is 0. The van der Waals surface area contributed by atoms with Gasteiger partial charge in [0.25, 0.3) is 0 Å². The summed E-state index contributed by atoms with van der Waals surface area (Å²) in [5, 5.41) is 0. The first kappa shape index (κ1) is 24.0. The standard InChI is InChI=1S/C24H49/c1-7-22(6)16-13-14-18-24(20-19-23(8-2)9-3)17-12-10-11-15-21(4)5/h8,21-24H,7,9-20H2,1-6H3. The molecule has 0 heteroatoms. The Labute approximate surface area is 155 Å². The molecule has 0 fully saturated rings. The fraction of sp³-hybridized carbons (Fsp3) is 0.958. The van der Waals surface area contributed by atoms with Crippen LogP contribution in [0.25, 0.3) is 0 Å². The molecule has 0 bridgehead atoms. The van der Waals surface area contributed by atoms with Gasteiger partial charge in [-0.15, -0.1) is 0 Å². The average molecular weight is 338 g/mol. The fourth-order valence-corrected chi connectivity index (χ4v) is 3.78. The summed E-state index contributed by atoms with van der Waals surface area (Å²) in [4.78, 5) is 0. The van der Waals surface area contributed by atoms with E-state index in [2.05, 4.69) is 48.0 Å². The van der Waals surface area contributed by atoms with E-state index in [1.807, 2.05) is 0 Å². The highest BCUT2D eigenvalue weighted by Crippen LogP contribution is 2.27. The lowest BCUT2D eigenvalue weighted by Crippen LogP contribution is -2.06. The van der Waals surface area contributed by atoms with Crippen LogP contribution in [0.2, 0.25) is 0 Å². The molecule has 0 aliphatic rings. The number of hydrogen-bond acceptors (Lipinski definition) is 0. The zero-order valence-electron chi connectivity index (χ0n) is 18.1. The molecule has 0 aromatic heterocycles. The van der Waals surface area contributed by atoms with Crippen molar-refractivity contribution in [1.29, 1.82) is 0 Å². The first-order valence-corrected chi connectivity index (χ1v) is 11.3. The quantitative estimate of drug-likeness (QED) is 0.232. The molecule has 0 aliphatic carbocycles. The van der Waals surface area contributed by atoms with Crippen molar-refractivity contribution in [1.82, 2.24) is 0 Å². The molecule has 0 heterocycles. The smallest absolute Gasteiger partial charge is 0.0386 e. The van der Waals surface area contributed by atoms with E-state index in [1.165, 1.54) is 83.5 Å². The van der Waals surface area contributed by atoms with Gasteiger partial charge in [0, 0.05) is 0 Å². The van der Waals surface area contributed by atoms with E-state index < -0.39 is 0 Å². The van der Waals surface area contributed by atoms with Crippen molar-refractivity contribution >= 4 is 0 Å². The summed E-state index contributed by atoms with van der Waals surface area (Å²) in [5.74, 6) is 3.66. The molecule has 0 aliphatic heterocycles. The van der Waals surface area contributed by atoms with Crippen molar-refractivity contribution in [3.8, 4) is 0 Å². The highest BCUT2D eigenvalue weighted by atomic mass is 14.2. The van der Waals surface area contributed by atoms with Gasteiger partial charge >= 0.3 is 0 Å². The SMILES string of the molecule is C[CH]C(CC)CCC(CCCCCC(C)C)CCCCC(C)CC. The molecule has 0 saturated heterocycles. The molecule has 3 unspecified atom stereocenters. The summed E-state index contributed by atoms with van der Waals surface area (Å²) in [7, 11) is 0. The van der Waals surface area contributed by atoms with E-state index in [4.69, 9.17) is 0 Å². The van der Waals surface area contributed by atoms with Crippen LogP contribution in [0.15, 0.2) is 0 Å². The predicted octanol–water partition coefficient (Wildman–Crippen LogP) is 8.85. The van der Waals surface area contributed by atoms with E-state index >= 15 is 0 Å². The minimum Gasteiger partial charge on any atom is -0.0651 e. The first-order valence-electron chi connectivity index (χ1n) is 11.3. The molecule has 0 amide bonds. The van der Waals surface area contributed by atoms with Gasteiger partial charge in [-0.05, 0) is 36.5 Å². The third-order valence-corrected chi connectivity index (χ3v) is 6.09. The third-order valence-electron chi connectivity index (χ3n) is 6.09. The van der Waals surface area contributed by atoms with Crippen molar-refractivity contribution in [2.24, 2.45) is 23.7 Å². The minimum absolute atomic E-state index is 0.855. The van der Waals surface area contributed by atoms with Crippen LogP contribution in [-0.2, 0) is 0 Å². The molecule has 0 saturated carbocycles. The Hall–Kier alpha value is 0. The second-order valence-electron chi connectivity index (χ2n) is 8.77. The van der Waals surface area contributed by atoms with E-state index in [9.17, 15) is 0 Å². The Morgan fingerprint density at radius 1 is 0.625 bits per heavy atom. The molecule has 145 valence electrons. The van der Waals surface area contributed by atoms with Crippen LogP contribution in [0.4, 0.5) is 0 Å². The molecule has 0 aromatic rings. The van der Waals surface area contributed by atoms with Crippen molar-refractivity contribution in [2.45, 2.75) is 125 Å². The third kappa shape index (κ3) is 14.4. The van der Waals surface area contributed by atoms with Crippen LogP contribution >= 0.6 is 0 Å². The minimum atomic E-state index is 0.855. The molecule has 1 radical (unpaired) electrons. The normalized spacial score (nSPS) is 14.5.